The third kappa shape index (κ3) is 2.74. The Morgan fingerprint density at radius 3 is 2.64 bits per heavy atom. The summed E-state index contributed by atoms with van der Waals surface area (Å²) < 4.78 is 1.00. The van der Waals surface area contributed by atoms with Crippen molar-refractivity contribution in [3.63, 3.8) is 0 Å². The van der Waals surface area contributed by atoms with E-state index in [-0.39, 0.29) is 5.54 Å². The predicted octanol–water partition coefficient (Wildman–Crippen LogP) is 2.98. The van der Waals surface area contributed by atoms with Gasteiger partial charge < -0.3 is 5.32 Å². The molecule has 0 aliphatic rings. The molecular weight excluding hydrogens is 240 g/mol. The third-order valence-corrected chi connectivity index (χ3v) is 2.66. The van der Waals surface area contributed by atoms with Crippen molar-refractivity contribution in [2.45, 2.75) is 26.3 Å². The molecule has 1 aromatic heterocycles. The Bertz CT molecular complexity index is 377. The van der Waals surface area contributed by atoms with E-state index in [1.807, 2.05) is 32.9 Å². The van der Waals surface area contributed by atoms with Gasteiger partial charge in [-0.1, -0.05) is 5.92 Å². The van der Waals surface area contributed by atoms with E-state index in [1.54, 1.807) is 0 Å². The number of hydrogen-bond acceptors (Lipinski definition) is 2. The lowest BCUT2D eigenvalue weighted by Crippen LogP contribution is -2.28. The molecule has 0 aliphatic carbocycles. The molecule has 74 valence electrons. The molecule has 1 rings (SSSR count). The average Bonchev–Trinajstić information content (AvgIpc) is 2.11. The molecule has 0 aliphatic heterocycles. The summed E-state index contributed by atoms with van der Waals surface area (Å²) in [6.45, 7) is 5.82. The lowest BCUT2D eigenvalue weighted by molar-refractivity contribution is 0.735. The quantitative estimate of drug-likeness (QED) is 0.819. The molecule has 0 spiro atoms. The molecular formula is C11H13BrN2. The zero-order chi connectivity index (χ0) is 10.8. The molecule has 1 aromatic rings. The number of halogens is 1. The average molecular weight is 253 g/mol. The molecule has 0 unspecified atom stereocenters. The van der Waals surface area contributed by atoms with Gasteiger partial charge in [-0.25, -0.2) is 4.98 Å². The van der Waals surface area contributed by atoms with E-state index in [1.165, 1.54) is 0 Å². The highest BCUT2D eigenvalue weighted by molar-refractivity contribution is 9.10. The fourth-order valence-corrected chi connectivity index (χ4v) is 1.19. The number of pyridine rings is 1. The van der Waals surface area contributed by atoms with Crippen LogP contribution in [0.3, 0.4) is 0 Å². The van der Waals surface area contributed by atoms with Crippen LogP contribution in [-0.2, 0) is 0 Å². The van der Waals surface area contributed by atoms with Crippen molar-refractivity contribution in [3.05, 3.63) is 22.3 Å². The van der Waals surface area contributed by atoms with Crippen molar-refractivity contribution in [2.24, 2.45) is 0 Å². The van der Waals surface area contributed by atoms with Crippen molar-refractivity contribution in [2.75, 3.05) is 5.32 Å². The predicted molar refractivity (Wildman–Crippen MR) is 63.2 cm³/mol. The van der Waals surface area contributed by atoms with Crippen LogP contribution < -0.4 is 5.32 Å². The smallest absolute Gasteiger partial charge is 0.127 e. The standard InChI is InChI=1S/C11H13BrN2/c1-5-11(3,4)14-10-7-6-9(12)8(2)13-10/h1,6-7H,2-4H3,(H,13,14). The fraction of sp³-hybridized carbons (Fsp3) is 0.364. The number of nitrogens with one attached hydrogen (secondary N) is 1. The molecule has 0 aromatic carbocycles. The second-order valence-electron chi connectivity index (χ2n) is 3.66. The normalized spacial score (nSPS) is 10.8. The first kappa shape index (κ1) is 11.1. The molecule has 0 atom stereocenters. The first-order valence-electron chi connectivity index (χ1n) is 4.34. The summed E-state index contributed by atoms with van der Waals surface area (Å²) in [6, 6.07) is 3.85. The Morgan fingerprint density at radius 1 is 1.50 bits per heavy atom. The molecule has 1 heterocycles. The number of aryl methyl sites for hydroxylation is 1. The highest BCUT2D eigenvalue weighted by atomic mass is 79.9. The highest BCUT2D eigenvalue weighted by Gasteiger charge is 2.13. The summed E-state index contributed by atoms with van der Waals surface area (Å²) in [5.41, 5.74) is 0.579. The number of hydrogen-bond donors (Lipinski definition) is 1. The number of aromatic nitrogens is 1. The van der Waals surface area contributed by atoms with Crippen molar-refractivity contribution in [1.82, 2.24) is 4.98 Å². The Kier molecular flexibility index (Phi) is 3.17. The molecule has 0 bridgehead atoms. The monoisotopic (exact) mass is 252 g/mol. The topological polar surface area (TPSA) is 24.9 Å². The lowest BCUT2D eigenvalue weighted by atomic mass is 10.1. The minimum Gasteiger partial charge on any atom is -0.354 e. The van der Waals surface area contributed by atoms with Crippen LogP contribution in [0.2, 0.25) is 0 Å². The van der Waals surface area contributed by atoms with Crippen LogP contribution >= 0.6 is 15.9 Å². The number of anilines is 1. The maximum atomic E-state index is 5.37. The first-order chi connectivity index (χ1) is 6.44. The number of terminal acetylenes is 1. The van der Waals surface area contributed by atoms with Gasteiger partial charge in [-0.15, -0.1) is 6.42 Å². The van der Waals surface area contributed by atoms with E-state index in [2.05, 4.69) is 32.2 Å². The summed E-state index contributed by atoms with van der Waals surface area (Å²) in [7, 11) is 0. The van der Waals surface area contributed by atoms with Gasteiger partial charge in [0.1, 0.15) is 5.82 Å². The Labute approximate surface area is 93.3 Å². The molecule has 1 N–H and O–H groups in total. The van der Waals surface area contributed by atoms with Gasteiger partial charge in [-0.3, -0.25) is 0 Å². The van der Waals surface area contributed by atoms with Crippen molar-refractivity contribution >= 4 is 21.7 Å². The van der Waals surface area contributed by atoms with Gasteiger partial charge >= 0.3 is 0 Å². The summed E-state index contributed by atoms with van der Waals surface area (Å²) in [5.74, 6) is 3.46. The molecule has 0 saturated carbocycles. The maximum absolute atomic E-state index is 5.37. The molecule has 3 heteroatoms. The van der Waals surface area contributed by atoms with Gasteiger partial charge in [0.2, 0.25) is 0 Å². The zero-order valence-electron chi connectivity index (χ0n) is 8.56. The van der Waals surface area contributed by atoms with Gasteiger partial charge in [0, 0.05) is 4.47 Å². The van der Waals surface area contributed by atoms with Crippen molar-refractivity contribution in [1.29, 1.82) is 0 Å². The van der Waals surface area contributed by atoms with Gasteiger partial charge in [0.05, 0.1) is 11.2 Å². The Balaban J connectivity index is 2.90. The van der Waals surface area contributed by atoms with Crippen molar-refractivity contribution in [3.8, 4) is 12.3 Å². The van der Waals surface area contributed by atoms with Gasteiger partial charge in [0.15, 0.2) is 0 Å². The summed E-state index contributed by atoms with van der Waals surface area (Å²) in [4.78, 5) is 4.35. The highest BCUT2D eigenvalue weighted by Crippen LogP contribution is 2.18. The summed E-state index contributed by atoms with van der Waals surface area (Å²) >= 11 is 3.40. The van der Waals surface area contributed by atoms with Crippen LogP contribution in [0.25, 0.3) is 0 Å². The Hall–Kier alpha value is -1.01. The molecule has 0 fully saturated rings. The van der Waals surface area contributed by atoms with E-state index in [9.17, 15) is 0 Å². The molecule has 0 saturated heterocycles. The van der Waals surface area contributed by atoms with Crippen LogP contribution in [0.5, 0.6) is 0 Å². The first-order valence-corrected chi connectivity index (χ1v) is 5.13. The van der Waals surface area contributed by atoms with E-state index in [0.717, 1.165) is 16.0 Å². The van der Waals surface area contributed by atoms with Crippen LogP contribution in [0.4, 0.5) is 5.82 Å². The Morgan fingerprint density at radius 2 is 2.14 bits per heavy atom. The zero-order valence-corrected chi connectivity index (χ0v) is 10.1. The van der Waals surface area contributed by atoms with Crippen LogP contribution in [0.15, 0.2) is 16.6 Å². The second-order valence-corrected chi connectivity index (χ2v) is 4.51. The number of rotatable bonds is 2. The van der Waals surface area contributed by atoms with Crippen LogP contribution in [-0.4, -0.2) is 10.5 Å². The van der Waals surface area contributed by atoms with E-state index >= 15 is 0 Å². The number of nitrogens with zero attached hydrogens (tertiary/aromatic N) is 1. The largest absolute Gasteiger partial charge is 0.354 e. The van der Waals surface area contributed by atoms with Crippen LogP contribution in [0.1, 0.15) is 19.5 Å². The molecule has 14 heavy (non-hydrogen) atoms. The second kappa shape index (κ2) is 4.02. The van der Waals surface area contributed by atoms with Crippen molar-refractivity contribution < 1.29 is 0 Å². The molecule has 0 amide bonds. The summed E-state index contributed by atoms with van der Waals surface area (Å²) in [6.07, 6.45) is 5.37. The minimum absolute atomic E-state index is 0.368. The minimum atomic E-state index is -0.368. The van der Waals surface area contributed by atoms with Gasteiger partial charge in [-0.2, -0.15) is 0 Å². The van der Waals surface area contributed by atoms with Crippen LogP contribution in [0, 0.1) is 19.3 Å². The fourth-order valence-electron chi connectivity index (χ4n) is 0.970. The van der Waals surface area contributed by atoms with Gasteiger partial charge in [0.25, 0.3) is 0 Å². The van der Waals surface area contributed by atoms with Gasteiger partial charge in [-0.05, 0) is 48.8 Å². The van der Waals surface area contributed by atoms with E-state index in [4.69, 9.17) is 6.42 Å². The molecule has 2 nitrogen and oxygen atoms in total. The lowest BCUT2D eigenvalue weighted by Gasteiger charge is -2.20. The summed E-state index contributed by atoms with van der Waals surface area (Å²) in [5, 5.41) is 3.17. The maximum Gasteiger partial charge on any atom is 0.127 e. The molecule has 0 radical (unpaired) electrons. The SMILES string of the molecule is C#CC(C)(C)Nc1ccc(Br)c(C)n1. The van der Waals surface area contributed by atoms with E-state index < -0.39 is 0 Å². The van der Waals surface area contributed by atoms with E-state index in [0.29, 0.717) is 0 Å². The third-order valence-electron chi connectivity index (χ3n) is 1.82.